The monoisotopic (exact) mass is 254 g/mol. The fraction of sp³-hybridized carbons (Fsp3) is 0.667. The van der Waals surface area contributed by atoms with E-state index < -0.39 is 0 Å². The highest BCUT2D eigenvalue weighted by molar-refractivity contribution is 6.29. The molecule has 1 aliphatic rings. The number of halogens is 1. The summed E-state index contributed by atoms with van der Waals surface area (Å²) >= 11 is 6.01. The van der Waals surface area contributed by atoms with Crippen molar-refractivity contribution in [2.24, 2.45) is 0 Å². The lowest BCUT2D eigenvalue weighted by molar-refractivity contribution is 0.392. The molecule has 4 nitrogen and oxygen atoms in total. The fourth-order valence-corrected chi connectivity index (χ4v) is 2.07. The second kappa shape index (κ2) is 5.19. The number of aromatic nitrogens is 2. The second-order valence-electron chi connectivity index (χ2n) is 5.02. The Labute approximate surface area is 107 Å². The van der Waals surface area contributed by atoms with E-state index in [1.54, 1.807) is 6.07 Å². The summed E-state index contributed by atoms with van der Waals surface area (Å²) in [4.78, 5) is 10.9. The first-order valence-electron chi connectivity index (χ1n) is 6.00. The molecule has 0 amide bonds. The highest BCUT2D eigenvalue weighted by Crippen LogP contribution is 2.38. The number of nitrogens with zero attached hydrogens (tertiary/aromatic N) is 3. The van der Waals surface area contributed by atoms with Crippen molar-refractivity contribution in [3.05, 3.63) is 17.0 Å². The van der Waals surface area contributed by atoms with Crippen molar-refractivity contribution in [1.29, 1.82) is 0 Å². The van der Waals surface area contributed by atoms with Gasteiger partial charge in [0.25, 0.3) is 0 Å². The molecule has 1 fully saturated rings. The summed E-state index contributed by atoms with van der Waals surface area (Å²) in [6.07, 6.45) is 2.38. The van der Waals surface area contributed by atoms with E-state index in [4.69, 9.17) is 11.6 Å². The normalized spacial score (nSPS) is 17.2. The number of anilines is 1. The molecular formula is C12H19ClN4. The van der Waals surface area contributed by atoms with E-state index in [1.807, 2.05) is 0 Å². The molecule has 1 heterocycles. The van der Waals surface area contributed by atoms with Crippen LogP contribution in [0.25, 0.3) is 0 Å². The Balaban J connectivity index is 2.04. The Kier molecular flexibility index (Phi) is 3.84. The highest BCUT2D eigenvalue weighted by atomic mass is 35.5. The van der Waals surface area contributed by atoms with Crippen LogP contribution in [0.5, 0.6) is 0 Å². The van der Waals surface area contributed by atoms with Gasteiger partial charge in [-0.1, -0.05) is 11.6 Å². The van der Waals surface area contributed by atoms with Crippen molar-refractivity contribution in [3.8, 4) is 0 Å². The predicted octanol–water partition coefficient (Wildman–Crippen LogP) is 2.37. The van der Waals surface area contributed by atoms with Crippen LogP contribution in [0.1, 0.15) is 31.5 Å². The zero-order valence-electron chi connectivity index (χ0n) is 10.6. The Morgan fingerprint density at radius 3 is 2.76 bits per heavy atom. The van der Waals surface area contributed by atoms with Crippen LogP contribution < -0.4 is 5.32 Å². The predicted molar refractivity (Wildman–Crippen MR) is 70.7 cm³/mol. The van der Waals surface area contributed by atoms with Gasteiger partial charge in [-0.2, -0.15) is 0 Å². The highest BCUT2D eigenvalue weighted by Gasteiger charge is 2.27. The van der Waals surface area contributed by atoms with Crippen LogP contribution in [-0.4, -0.2) is 41.5 Å². The molecule has 1 saturated carbocycles. The molecule has 1 aliphatic carbocycles. The van der Waals surface area contributed by atoms with Gasteiger partial charge < -0.3 is 10.2 Å². The molecule has 94 valence electrons. The summed E-state index contributed by atoms with van der Waals surface area (Å²) < 4.78 is 0. The lowest BCUT2D eigenvalue weighted by Gasteiger charge is -2.19. The van der Waals surface area contributed by atoms with Crippen LogP contribution in [0.2, 0.25) is 5.15 Å². The van der Waals surface area contributed by atoms with Crippen LogP contribution in [0.3, 0.4) is 0 Å². The summed E-state index contributed by atoms with van der Waals surface area (Å²) in [5, 5.41) is 3.89. The molecule has 0 bridgehead atoms. The molecule has 5 heteroatoms. The summed E-state index contributed by atoms with van der Waals surface area (Å²) in [5.41, 5.74) is 0. The van der Waals surface area contributed by atoms with Crippen molar-refractivity contribution in [2.45, 2.75) is 31.7 Å². The standard InChI is InChI=1S/C12H19ClN4/c1-8(7-17(2)3)14-11-6-10(13)15-12(16-11)9-4-5-9/h6,8-9H,4-5,7H2,1-3H3,(H,14,15,16). The van der Waals surface area contributed by atoms with E-state index in [1.165, 1.54) is 12.8 Å². The van der Waals surface area contributed by atoms with E-state index in [2.05, 4.69) is 41.2 Å². The maximum atomic E-state index is 6.01. The van der Waals surface area contributed by atoms with Gasteiger partial charge in [-0.25, -0.2) is 9.97 Å². The molecule has 0 spiro atoms. The van der Waals surface area contributed by atoms with Gasteiger partial charge >= 0.3 is 0 Å². The van der Waals surface area contributed by atoms with Crippen LogP contribution in [0.4, 0.5) is 5.82 Å². The fourth-order valence-electron chi connectivity index (χ4n) is 1.88. The van der Waals surface area contributed by atoms with Crippen LogP contribution in [0.15, 0.2) is 6.07 Å². The van der Waals surface area contributed by atoms with E-state index in [0.29, 0.717) is 17.1 Å². The van der Waals surface area contributed by atoms with Crippen LogP contribution in [-0.2, 0) is 0 Å². The first-order valence-corrected chi connectivity index (χ1v) is 6.38. The topological polar surface area (TPSA) is 41.0 Å². The first kappa shape index (κ1) is 12.6. The molecule has 0 saturated heterocycles. The number of nitrogens with one attached hydrogen (secondary N) is 1. The second-order valence-corrected chi connectivity index (χ2v) is 5.40. The number of likely N-dealkylation sites (N-methyl/N-ethyl adjacent to an activating group) is 1. The van der Waals surface area contributed by atoms with Crippen LogP contribution in [0, 0.1) is 0 Å². The molecule has 1 aromatic heterocycles. The van der Waals surface area contributed by atoms with E-state index in [0.717, 1.165) is 18.2 Å². The Morgan fingerprint density at radius 2 is 2.18 bits per heavy atom. The largest absolute Gasteiger partial charge is 0.366 e. The first-order chi connectivity index (χ1) is 8.04. The van der Waals surface area contributed by atoms with Gasteiger partial charge in [-0.3, -0.25) is 0 Å². The van der Waals surface area contributed by atoms with Crippen LogP contribution >= 0.6 is 11.6 Å². The average molecular weight is 255 g/mol. The maximum Gasteiger partial charge on any atom is 0.135 e. The summed E-state index contributed by atoms with van der Waals surface area (Å²) in [5.74, 6) is 2.25. The Bertz CT molecular complexity index is 390. The van der Waals surface area contributed by atoms with Crippen molar-refractivity contribution in [3.63, 3.8) is 0 Å². The van der Waals surface area contributed by atoms with Crippen molar-refractivity contribution in [1.82, 2.24) is 14.9 Å². The Hall–Kier alpha value is -0.870. The maximum absolute atomic E-state index is 6.01. The van der Waals surface area contributed by atoms with Crippen molar-refractivity contribution >= 4 is 17.4 Å². The van der Waals surface area contributed by atoms with Gasteiger partial charge in [-0.15, -0.1) is 0 Å². The minimum absolute atomic E-state index is 0.336. The molecule has 2 rings (SSSR count). The molecule has 17 heavy (non-hydrogen) atoms. The summed E-state index contributed by atoms with van der Waals surface area (Å²) in [6, 6.07) is 2.13. The molecule has 1 N–H and O–H groups in total. The molecule has 0 radical (unpaired) electrons. The Morgan fingerprint density at radius 1 is 1.47 bits per heavy atom. The third kappa shape index (κ3) is 3.82. The average Bonchev–Trinajstić information content (AvgIpc) is 2.97. The molecule has 1 atom stereocenters. The van der Waals surface area contributed by atoms with E-state index in [-0.39, 0.29) is 0 Å². The van der Waals surface area contributed by atoms with Gasteiger partial charge in [-0.05, 0) is 33.9 Å². The van der Waals surface area contributed by atoms with Gasteiger partial charge in [0.15, 0.2) is 0 Å². The van der Waals surface area contributed by atoms with Gasteiger partial charge in [0.1, 0.15) is 16.8 Å². The lowest BCUT2D eigenvalue weighted by atomic mass is 10.3. The van der Waals surface area contributed by atoms with E-state index in [9.17, 15) is 0 Å². The van der Waals surface area contributed by atoms with Gasteiger partial charge in [0, 0.05) is 24.6 Å². The van der Waals surface area contributed by atoms with Gasteiger partial charge in [0.05, 0.1) is 0 Å². The zero-order chi connectivity index (χ0) is 12.4. The molecule has 1 unspecified atom stereocenters. The smallest absolute Gasteiger partial charge is 0.135 e. The number of hydrogen-bond donors (Lipinski definition) is 1. The summed E-state index contributed by atoms with van der Waals surface area (Å²) in [6.45, 7) is 3.09. The van der Waals surface area contributed by atoms with Crippen molar-refractivity contribution in [2.75, 3.05) is 26.0 Å². The molecule has 0 aromatic carbocycles. The van der Waals surface area contributed by atoms with Crippen molar-refractivity contribution < 1.29 is 0 Å². The van der Waals surface area contributed by atoms with E-state index >= 15 is 0 Å². The molecular weight excluding hydrogens is 236 g/mol. The zero-order valence-corrected chi connectivity index (χ0v) is 11.3. The molecule has 0 aliphatic heterocycles. The number of hydrogen-bond acceptors (Lipinski definition) is 4. The minimum Gasteiger partial charge on any atom is -0.366 e. The third-order valence-electron chi connectivity index (χ3n) is 2.69. The minimum atomic E-state index is 0.336. The SMILES string of the molecule is CC(CN(C)C)Nc1cc(Cl)nc(C2CC2)n1. The third-order valence-corrected chi connectivity index (χ3v) is 2.88. The lowest BCUT2D eigenvalue weighted by Crippen LogP contribution is -2.30. The summed E-state index contributed by atoms with van der Waals surface area (Å²) in [7, 11) is 4.11. The molecule has 1 aromatic rings. The quantitative estimate of drug-likeness (QED) is 0.819. The van der Waals surface area contributed by atoms with Gasteiger partial charge in [0.2, 0.25) is 0 Å². The number of rotatable bonds is 5.